The van der Waals surface area contributed by atoms with Gasteiger partial charge in [-0.15, -0.1) is 0 Å². The number of amides is 1. The first-order chi connectivity index (χ1) is 10.6. The van der Waals surface area contributed by atoms with Crippen LogP contribution in [0.1, 0.15) is 25.7 Å². The Balaban J connectivity index is 1.62. The van der Waals surface area contributed by atoms with Crippen molar-refractivity contribution in [1.29, 1.82) is 0 Å². The summed E-state index contributed by atoms with van der Waals surface area (Å²) in [7, 11) is 0. The molecule has 1 amide bonds. The van der Waals surface area contributed by atoms with E-state index in [0.29, 0.717) is 19.5 Å². The van der Waals surface area contributed by atoms with Crippen molar-refractivity contribution < 1.29 is 13.6 Å². The van der Waals surface area contributed by atoms with E-state index in [4.69, 9.17) is 5.73 Å². The minimum Gasteiger partial charge on any atom is -0.365 e. The number of nitrogens with one attached hydrogen (secondary N) is 1. The maximum atomic E-state index is 13.8. The van der Waals surface area contributed by atoms with E-state index >= 15 is 0 Å². The molecule has 6 heteroatoms. The van der Waals surface area contributed by atoms with E-state index in [1.165, 1.54) is 18.2 Å². The van der Waals surface area contributed by atoms with Gasteiger partial charge in [0, 0.05) is 25.2 Å². The van der Waals surface area contributed by atoms with Crippen molar-refractivity contribution in [2.75, 3.05) is 18.0 Å². The molecule has 0 aromatic heterocycles. The number of hydrogen-bond acceptors (Lipinski definition) is 3. The predicted molar refractivity (Wildman–Crippen MR) is 80.4 cm³/mol. The zero-order valence-corrected chi connectivity index (χ0v) is 12.4. The van der Waals surface area contributed by atoms with Crippen molar-refractivity contribution in [3.8, 4) is 0 Å². The van der Waals surface area contributed by atoms with Crippen LogP contribution in [-0.2, 0) is 4.79 Å². The van der Waals surface area contributed by atoms with Gasteiger partial charge < -0.3 is 16.0 Å². The Morgan fingerprint density at radius 3 is 2.59 bits per heavy atom. The molecular formula is C16H21F2N3O. The monoisotopic (exact) mass is 309 g/mol. The molecule has 2 fully saturated rings. The molecular weight excluding hydrogens is 288 g/mol. The number of benzene rings is 1. The van der Waals surface area contributed by atoms with E-state index in [9.17, 15) is 13.6 Å². The average Bonchev–Trinajstić information content (AvgIpc) is 3.08. The third-order valence-corrected chi connectivity index (χ3v) is 4.69. The topological polar surface area (TPSA) is 58.4 Å². The van der Waals surface area contributed by atoms with Gasteiger partial charge in [-0.2, -0.15) is 0 Å². The third kappa shape index (κ3) is 2.92. The van der Waals surface area contributed by atoms with Crippen LogP contribution < -0.4 is 16.0 Å². The molecule has 0 bridgehead atoms. The molecule has 3 atom stereocenters. The summed E-state index contributed by atoms with van der Waals surface area (Å²) in [6, 6.07) is 3.70. The second-order valence-electron chi connectivity index (χ2n) is 6.21. The number of nitrogens with two attached hydrogens (primary N) is 1. The third-order valence-electron chi connectivity index (χ3n) is 4.69. The first-order valence-electron chi connectivity index (χ1n) is 7.81. The van der Waals surface area contributed by atoms with E-state index in [0.717, 1.165) is 19.3 Å². The lowest BCUT2D eigenvalue weighted by molar-refractivity contribution is -0.125. The number of carbonyl (C=O) groups excluding carboxylic acids is 1. The number of nitrogens with zero attached hydrogens (tertiary/aromatic N) is 1. The second kappa shape index (κ2) is 6.20. The molecule has 3 N–H and O–H groups in total. The van der Waals surface area contributed by atoms with Crippen molar-refractivity contribution in [1.82, 2.24) is 5.32 Å². The molecule has 120 valence electrons. The number of hydrogen-bond donors (Lipinski definition) is 2. The van der Waals surface area contributed by atoms with Crippen molar-refractivity contribution in [2.24, 2.45) is 11.7 Å². The number of halogens is 2. The van der Waals surface area contributed by atoms with Crippen LogP contribution in [0, 0.1) is 17.6 Å². The second-order valence-corrected chi connectivity index (χ2v) is 6.21. The molecule has 4 nitrogen and oxygen atoms in total. The van der Waals surface area contributed by atoms with Gasteiger partial charge in [0.05, 0.1) is 5.92 Å². The maximum Gasteiger partial charge on any atom is 0.224 e. The summed E-state index contributed by atoms with van der Waals surface area (Å²) in [6.07, 6.45) is 3.37. The summed E-state index contributed by atoms with van der Waals surface area (Å²) >= 11 is 0. The van der Waals surface area contributed by atoms with Crippen LogP contribution in [0.15, 0.2) is 18.2 Å². The molecule has 22 heavy (non-hydrogen) atoms. The highest BCUT2D eigenvalue weighted by Gasteiger charge is 2.33. The van der Waals surface area contributed by atoms with E-state index in [2.05, 4.69) is 5.32 Å². The molecule has 1 saturated heterocycles. The standard InChI is InChI=1S/C16H21F2N3O/c17-12-4-2-5-13(18)15(12)21-8-7-10(9-21)20-16(22)11-3-1-6-14(11)19/h2,4-5,10-11,14H,1,3,6-9,19H2,(H,20,22)/t10-,11+,14-/m1/s1. The number of carbonyl (C=O) groups is 1. The van der Waals surface area contributed by atoms with Gasteiger partial charge in [0.1, 0.15) is 17.3 Å². The number of rotatable bonds is 3. The van der Waals surface area contributed by atoms with Gasteiger partial charge >= 0.3 is 0 Å². The first-order valence-corrected chi connectivity index (χ1v) is 7.81. The Morgan fingerprint density at radius 2 is 1.95 bits per heavy atom. The molecule has 1 aliphatic heterocycles. The van der Waals surface area contributed by atoms with Crippen LogP contribution in [0.2, 0.25) is 0 Å². The molecule has 1 aliphatic carbocycles. The van der Waals surface area contributed by atoms with Crippen LogP contribution >= 0.6 is 0 Å². The van der Waals surface area contributed by atoms with Crippen LogP contribution in [0.5, 0.6) is 0 Å². The summed E-state index contributed by atoms with van der Waals surface area (Å²) < 4.78 is 27.6. The van der Waals surface area contributed by atoms with E-state index < -0.39 is 11.6 Å². The van der Waals surface area contributed by atoms with Crippen molar-refractivity contribution in [3.63, 3.8) is 0 Å². The highest BCUT2D eigenvalue weighted by Crippen LogP contribution is 2.28. The fourth-order valence-electron chi connectivity index (χ4n) is 3.49. The van der Waals surface area contributed by atoms with Gasteiger partial charge in [-0.25, -0.2) is 8.78 Å². The summed E-state index contributed by atoms with van der Waals surface area (Å²) in [4.78, 5) is 13.9. The van der Waals surface area contributed by atoms with Gasteiger partial charge in [0.2, 0.25) is 5.91 Å². The van der Waals surface area contributed by atoms with E-state index in [-0.39, 0.29) is 29.6 Å². The first kappa shape index (κ1) is 15.2. The Morgan fingerprint density at radius 1 is 1.23 bits per heavy atom. The van der Waals surface area contributed by atoms with Crippen molar-refractivity contribution >= 4 is 11.6 Å². The van der Waals surface area contributed by atoms with E-state index in [1.807, 2.05) is 0 Å². The Bertz CT molecular complexity index is 546. The van der Waals surface area contributed by atoms with Crippen molar-refractivity contribution in [3.05, 3.63) is 29.8 Å². The number of anilines is 1. The molecule has 1 aromatic carbocycles. The zero-order chi connectivity index (χ0) is 15.7. The minimum atomic E-state index is -0.565. The van der Waals surface area contributed by atoms with Gasteiger partial charge in [0.15, 0.2) is 0 Å². The Hall–Kier alpha value is -1.69. The molecule has 0 unspecified atom stereocenters. The highest BCUT2D eigenvalue weighted by molar-refractivity contribution is 5.80. The molecule has 0 spiro atoms. The van der Waals surface area contributed by atoms with Gasteiger partial charge in [-0.3, -0.25) is 4.79 Å². The van der Waals surface area contributed by atoms with Crippen LogP contribution in [-0.4, -0.2) is 31.1 Å². The molecule has 3 rings (SSSR count). The van der Waals surface area contributed by atoms with Crippen LogP contribution in [0.3, 0.4) is 0 Å². The van der Waals surface area contributed by atoms with Gasteiger partial charge in [-0.05, 0) is 31.4 Å². The fourth-order valence-corrected chi connectivity index (χ4v) is 3.49. The zero-order valence-electron chi connectivity index (χ0n) is 12.4. The van der Waals surface area contributed by atoms with Crippen LogP contribution in [0.25, 0.3) is 0 Å². The molecule has 2 aliphatic rings. The maximum absolute atomic E-state index is 13.8. The lowest BCUT2D eigenvalue weighted by Gasteiger charge is -2.21. The summed E-state index contributed by atoms with van der Waals surface area (Å²) in [5.74, 6) is -1.28. The van der Waals surface area contributed by atoms with Crippen molar-refractivity contribution in [2.45, 2.75) is 37.8 Å². The van der Waals surface area contributed by atoms with E-state index in [1.54, 1.807) is 4.90 Å². The lowest BCUT2D eigenvalue weighted by atomic mass is 10.0. The minimum absolute atomic E-state index is 0.00295. The van der Waals surface area contributed by atoms with Crippen LogP contribution in [0.4, 0.5) is 14.5 Å². The largest absolute Gasteiger partial charge is 0.365 e. The molecule has 1 heterocycles. The normalized spacial score (nSPS) is 28.1. The van der Waals surface area contributed by atoms with Gasteiger partial charge in [0.25, 0.3) is 0 Å². The molecule has 1 aromatic rings. The summed E-state index contributed by atoms with van der Waals surface area (Å²) in [5.41, 5.74) is 5.94. The Kier molecular flexibility index (Phi) is 4.29. The molecule has 0 radical (unpaired) electrons. The quantitative estimate of drug-likeness (QED) is 0.895. The highest BCUT2D eigenvalue weighted by atomic mass is 19.1. The fraction of sp³-hybridized carbons (Fsp3) is 0.562. The predicted octanol–water partition coefficient (Wildman–Crippen LogP) is 1.79. The number of para-hydroxylation sites is 1. The lowest BCUT2D eigenvalue weighted by Crippen LogP contribution is -2.44. The Labute approximate surface area is 128 Å². The van der Waals surface area contributed by atoms with Gasteiger partial charge in [-0.1, -0.05) is 12.5 Å². The summed E-state index contributed by atoms with van der Waals surface area (Å²) in [5, 5.41) is 2.98. The molecule has 1 saturated carbocycles. The SMILES string of the molecule is N[C@@H]1CCC[C@@H]1C(=O)N[C@@H]1CCN(c2c(F)cccc2F)C1. The smallest absolute Gasteiger partial charge is 0.224 e. The average molecular weight is 309 g/mol. The summed E-state index contributed by atoms with van der Waals surface area (Å²) in [6.45, 7) is 0.949.